The van der Waals surface area contributed by atoms with Crippen LogP contribution in [0.4, 0.5) is 0 Å². The quantitative estimate of drug-likeness (QED) is 0.686. The van der Waals surface area contributed by atoms with Gasteiger partial charge in [0.25, 0.3) is 5.91 Å². The van der Waals surface area contributed by atoms with Crippen molar-refractivity contribution in [3.05, 3.63) is 29.8 Å². The van der Waals surface area contributed by atoms with Crippen LogP contribution in [0.25, 0.3) is 0 Å². The minimum atomic E-state index is -3.58. The van der Waals surface area contributed by atoms with Crippen molar-refractivity contribution in [2.24, 2.45) is 0 Å². The molecule has 0 saturated heterocycles. The molecule has 0 aromatic heterocycles. The Kier molecular flexibility index (Phi) is 8.55. The van der Waals surface area contributed by atoms with E-state index in [0.29, 0.717) is 25.2 Å². The lowest BCUT2D eigenvalue weighted by molar-refractivity contribution is 0.0773. The van der Waals surface area contributed by atoms with Crippen LogP contribution in [0.2, 0.25) is 0 Å². The Hall–Kier alpha value is -1.44. The maximum atomic E-state index is 12.4. The molecular weight excluding hydrogens is 338 g/mol. The summed E-state index contributed by atoms with van der Waals surface area (Å²) in [6.07, 6.45) is 0. The number of hydrogen-bond acceptors (Lipinski definition) is 4. The highest BCUT2D eigenvalue weighted by molar-refractivity contribution is 7.89. The predicted octanol–water partition coefficient (Wildman–Crippen LogP) is 2.18. The van der Waals surface area contributed by atoms with Crippen LogP contribution >= 0.6 is 0 Å². The molecule has 1 N–H and O–H groups in total. The van der Waals surface area contributed by atoms with Gasteiger partial charge in [-0.1, -0.05) is 13.8 Å². The first-order valence-electron chi connectivity index (χ1n) is 8.93. The van der Waals surface area contributed by atoms with Crippen LogP contribution in [-0.4, -0.2) is 62.9 Å². The van der Waals surface area contributed by atoms with Crippen LogP contribution in [0.1, 0.15) is 45.0 Å². The molecule has 6 nitrogen and oxygen atoms in total. The zero-order valence-corrected chi connectivity index (χ0v) is 16.8. The van der Waals surface area contributed by atoms with E-state index in [4.69, 9.17) is 0 Å². The molecule has 25 heavy (non-hydrogen) atoms. The van der Waals surface area contributed by atoms with E-state index >= 15 is 0 Å². The molecule has 1 atom stereocenters. The Morgan fingerprint density at radius 2 is 1.52 bits per heavy atom. The van der Waals surface area contributed by atoms with Crippen molar-refractivity contribution < 1.29 is 13.2 Å². The number of nitrogens with zero attached hydrogens (tertiary/aromatic N) is 2. The molecule has 0 aliphatic carbocycles. The van der Waals surface area contributed by atoms with Crippen LogP contribution in [0.3, 0.4) is 0 Å². The fourth-order valence-electron chi connectivity index (χ4n) is 2.76. The highest BCUT2D eigenvalue weighted by atomic mass is 32.2. The van der Waals surface area contributed by atoms with E-state index in [9.17, 15) is 13.2 Å². The smallest absolute Gasteiger partial charge is 0.253 e. The fraction of sp³-hybridized carbons (Fsp3) is 0.611. The number of likely N-dealkylation sites (N-methyl/N-ethyl adjacent to an activating group) is 1. The van der Waals surface area contributed by atoms with E-state index in [1.54, 1.807) is 17.0 Å². The minimum Gasteiger partial charge on any atom is -0.339 e. The van der Waals surface area contributed by atoms with Gasteiger partial charge in [-0.25, -0.2) is 13.1 Å². The van der Waals surface area contributed by atoms with E-state index in [0.717, 1.165) is 13.1 Å². The molecule has 0 unspecified atom stereocenters. The third-order valence-corrected chi connectivity index (χ3v) is 5.91. The summed E-state index contributed by atoms with van der Waals surface area (Å²) in [5, 5.41) is 0. The monoisotopic (exact) mass is 369 g/mol. The standard InChI is InChI=1S/C18H31N3O3S/c1-6-20(7-2)15(5)14-19-25(23,24)17-12-10-16(11-13-17)18(22)21(8-3)9-4/h10-13,15,19H,6-9,14H2,1-5H3/t15-/m1/s1. The first kappa shape index (κ1) is 21.6. The highest BCUT2D eigenvalue weighted by Gasteiger charge is 2.19. The molecule has 0 radical (unpaired) electrons. The summed E-state index contributed by atoms with van der Waals surface area (Å²) >= 11 is 0. The Balaban J connectivity index is 2.81. The van der Waals surface area contributed by atoms with Gasteiger partial charge in [-0.15, -0.1) is 0 Å². The number of rotatable bonds is 10. The lowest BCUT2D eigenvalue weighted by Crippen LogP contribution is -2.41. The molecule has 1 rings (SSSR count). The molecule has 1 aromatic carbocycles. The average Bonchev–Trinajstić information content (AvgIpc) is 2.62. The van der Waals surface area contributed by atoms with Crippen LogP contribution in [0.5, 0.6) is 0 Å². The Labute approximate surface area is 152 Å². The van der Waals surface area contributed by atoms with Crippen molar-refractivity contribution >= 4 is 15.9 Å². The van der Waals surface area contributed by atoms with Gasteiger partial charge in [0.15, 0.2) is 0 Å². The number of amides is 1. The van der Waals surface area contributed by atoms with E-state index in [1.165, 1.54) is 12.1 Å². The largest absolute Gasteiger partial charge is 0.339 e. The van der Waals surface area contributed by atoms with E-state index in [2.05, 4.69) is 23.5 Å². The summed E-state index contributed by atoms with van der Waals surface area (Å²) in [4.78, 5) is 16.3. The topological polar surface area (TPSA) is 69.7 Å². The lowest BCUT2D eigenvalue weighted by atomic mass is 10.2. The van der Waals surface area contributed by atoms with Gasteiger partial charge < -0.3 is 4.90 Å². The Morgan fingerprint density at radius 3 is 1.96 bits per heavy atom. The average molecular weight is 370 g/mol. The summed E-state index contributed by atoms with van der Waals surface area (Å²) in [7, 11) is -3.58. The molecule has 0 fully saturated rings. The van der Waals surface area contributed by atoms with Crippen molar-refractivity contribution in [1.29, 1.82) is 0 Å². The summed E-state index contributed by atoms with van der Waals surface area (Å²) in [6, 6.07) is 6.24. The van der Waals surface area contributed by atoms with E-state index < -0.39 is 10.0 Å². The SMILES string of the molecule is CCN(CC)C(=O)c1ccc(S(=O)(=O)NC[C@@H](C)N(CC)CC)cc1. The molecule has 0 aliphatic rings. The number of sulfonamides is 1. The van der Waals surface area contributed by atoms with Gasteiger partial charge in [0, 0.05) is 31.2 Å². The van der Waals surface area contributed by atoms with E-state index in [-0.39, 0.29) is 16.8 Å². The van der Waals surface area contributed by atoms with Gasteiger partial charge in [-0.05, 0) is 58.1 Å². The van der Waals surface area contributed by atoms with Crippen LogP contribution < -0.4 is 4.72 Å². The van der Waals surface area contributed by atoms with Gasteiger partial charge in [0.1, 0.15) is 0 Å². The third kappa shape index (κ3) is 5.80. The number of nitrogens with one attached hydrogen (secondary N) is 1. The van der Waals surface area contributed by atoms with Gasteiger partial charge in [-0.3, -0.25) is 9.69 Å². The summed E-state index contributed by atoms with van der Waals surface area (Å²) in [5.41, 5.74) is 0.499. The molecule has 0 spiro atoms. The van der Waals surface area contributed by atoms with Crippen molar-refractivity contribution in [2.45, 2.75) is 45.6 Å². The summed E-state index contributed by atoms with van der Waals surface area (Å²) < 4.78 is 27.5. The molecule has 0 heterocycles. The maximum Gasteiger partial charge on any atom is 0.253 e. The number of benzene rings is 1. The lowest BCUT2D eigenvalue weighted by Gasteiger charge is -2.26. The van der Waals surface area contributed by atoms with Crippen LogP contribution in [0, 0.1) is 0 Å². The molecule has 7 heteroatoms. The minimum absolute atomic E-state index is 0.0861. The number of hydrogen-bond donors (Lipinski definition) is 1. The molecule has 0 aliphatic heterocycles. The van der Waals surface area contributed by atoms with Crippen molar-refractivity contribution in [3.63, 3.8) is 0 Å². The van der Waals surface area contributed by atoms with E-state index in [1.807, 2.05) is 20.8 Å². The Bertz CT molecular complexity index is 636. The van der Waals surface area contributed by atoms with Gasteiger partial charge >= 0.3 is 0 Å². The zero-order valence-electron chi connectivity index (χ0n) is 15.9. The fourth-order valence-corrected chi connectivity index (χ4v) is 3.88. The highest BCUT2D eigenvalue weighted by Crippen LogP contribution is 2.13. The summed E-state index contributed by atoms with van der Waals surface area (Å²) in [5.74, 6) is -0.0861. The number of carbonyl (C=O) groups is 1. The van der Waals surface area contributed by atoms with Gasteiger partial charge in [0.2, 0.25) is 10.0 Å². The number of carbonyl (C=O) groups excluding carboxylic acids is 1. The molecule has 1 aromatic rings. The van der Waals surface area contributed by atoms with Crippen LogP contribution in [-0.2, 0) is 10.0 Å². The first-order valence-corrected chi connectivity index (χ1v) is 10.4. The van der Waals surface area contributed by atoms with Crippen molar-refractivity contribution in [3.8, 4) is 0 Å². The molecular formula is C18H31N3O3S. The summed E-state index contributed by atoms with van der Waals surface area (Å²) in [6.45, 7) is 13.3. The van der Waals surface area contributed by atoms with Crippen molar-refractivity contribution in [2.75, 3.05) is 32.7 Å². The van der Waals surface area contributed by atoms with Crippen molar-refractivity contribution in [1.82, 2.24) is 14.5 Å². The predicted molar refractivity (Wildman–Crippen MR) is 101 cm³/mol. The first-order chi connectivity index (χ1) is 11.8. The second-order valence-corrected chi connectivity index (χ2v) is 7.69. The second kappa shape index (κ2) is 9.89. The van der Waals surface area contributed by atoms with Crippen LogP contribution in [0.15, 0.2) is 29.2 Å². The Morgan fingerprint density at radius 1 is 1.00 bits per heavy atom. The normalized spacial score (nSPS) is 13.0. The molecule has 0 saturated carbocycles. The zero-order chi connectivity index (χ0) is 19.0. The second-order valence-electron chi connectivity index (χ2n) is 5.92. The maximum absolute atomic E-state index is 12.4. The third-order valence-electron chi connectivity index (χ3n) is 4.47. The van der Waals surface area contributed by atoms with Gasteiger partial charge in [0.05, 0.1) is 4.90 Å². The van der Waals surface area contributed by atoms with Gasteiger partial charge in [-0.2, -0.15) is 0 Å². The molecule has 1 amide bonds. The molecule has 0 bridgehead atoms. The molecule has 142 valence electrons.